The molecule has 1 aromatic heterocycles. The Balaban J connectivity index is 1.43. The van der Waals surface area contributed by atoms with E-state index in [4.69, 9.17) is 0 Å². The summed E-state index contributed by atoms with van der Waals surface area (Å²) in [7, 11) is 0. The van der Waals surface area contributed by atoms with Crippen LogP contribution in [0.5, 0.6) is 0 Å². The van der Waals surface area contributed by atoms with Crippen molar-refractivity contribution in [3.8, 4) is 0 Å². The Hall–Kier alpha value is -3.58. The van der Waals surface area contributed by atoms with Crippen LogP contribution in [0.4, 0.5) is 15.8 Å². The molecule has 0 aliphatic heterocycles. The van der Waals surface area contributed by atoms with Gasteiger partial charge in [-0.3, -0.25) is 9.59 Å². The van der Waals surface area contributed by atoms with E-state index >= 15 is 0 Å². The van der Waals surface area contributed by atoms with E-state index in [-0.39, 0.29) is 16.7 Å². The SMILES string of the molecule is CCC(Sc1cccc(NC(=O)c2ccccc2F)c1)C(=O)Nc1ccc2cc[nH]c2c1. The maximum absolute atomic E-state index is 13.9. The number of aromatic amines is 1. The fourth-order valence-electron chi connectivity index (χ4n) is 3.33. The van der Waals surface area contributed by atoms with Crippen LogP contribution in [0.1, 0.15) is 23.7 Å². The van der Waals surface area contributed by atoms with Crippen LogP contribution in [0.2, 0.25) is 0 Å². The molecule has 7 heteroatoms. The molecule has 2 amide bonds. The highest BCUT2D eigenvalue weighted by atomic mass is 32.2. The van der Waals surface area contributed by atoms with E-state index in [1.54, 1.807) is 24.3 Å². The van der Waals surface area contributed by atoms with E-state index < -0.39 is 11.7 Å². The lowest BCUT2D eigenvalue weighted by atomic mass is 10.2. The van der Waals surface area contributed by atoms with Crippen molar-refractivity contribution in [3.63, 3.8) is 0 Å². The summed E-state index contributed by atoms with van der Waals surface area (Å²) < 4.78 is 13.9. The highest BCUT2D eigenvalue weighted by Gasteiger charge is 2.19. The van der Waals surface area contributed by atoms with Gasteiger partial charge >= 0.3 is 0 Å². The van der Waals surface area contributed by atoms with Crippen LogP contribution in [0, 0.1) is 5.82 Å². The zero-order valence-corrected chi connectivity index (χ0v) is 18.2. The van der Waals surface area contributed by atoms with Crippen molar-refractivity contribution in [2.24, 2.45) is 0 Å². The average molecular weight is 448 g/mol. The molecule has 1 atom stereocenters. The van der Waals surface area contributed by atoms with Gasteiger partial charge in [0.25, 0.3) is 5.91 Å². The Morgan fingerprint density at radius 2 is 1.78 bits per heavy atom. The minimum Gasteiger partial charge on any atom is -0.361 e. The van der Waals surface area contributed by atoms with Gasteiger partial charge in [-0.05, 0) is 60.3 Å². The van der Waals surface area contributed by atoms with Crippen molar-refractivity contribution >= 4 is 45.9 Å². The third-order valence-corrected chi connectivity index (χ3v) is 6.33. The first-order chi connectivity index (χ1) is 15.5. The number of amides is 2. The van der Waals surface area contributed by atoms with Crippen LogP contribution in [-0.2, 0) is 4.79 Å². The summed E-state index contributed by atoms with van der Waals surface area (Å²) >= 11 is 1.42. The molecule has 32 heavy (non-hydrogen) atoms. The Labute approximate surface area is 189 Å². The lowest BCUT2D eigenvalue weighted by Crippen LogP contribution is -2.24. The first-order valence-corrected chi connectivity index (χ1v) is 11.1. The van der Waals surface area contributed by atoms with Crippen molar-refractivity contribution in [2.75, 3.05) is 10.6 Å². The number of fused-ring (bicyclic) bond motifs is 1. The van der Waals surface area contributed by atoms with E-state index in [0.717, 1.165) is 21.5 Å². The van der Waals surface area contributed by atoms with Crippen LogP contribution in [-0.4, -0.2) is 22.0 Å². The van der Waals surface area contributed by atoms with Gasteiger partial charge in [0.1, 0.15) is 5.82 Å². The number of thioether (sulfide) groups is 1. The normalized spacial score (nSPS) is 11.8. The van der Waals surface area contributed by atoms with Crippen molar-refractivity contribution in [2.45, 2.75) is 23.5 Å². The molecule has 0 bridgehead atoms. The summed E-state index contributed by atoms with van der Waals surface area (Å²) in [6, 6.07) is 20.7. The van der Waals surface area contributed by atoms with Crippen LogP contribution >= 0.6 is 11.8 Å². The van der Waals surface area contributed by atoms with Gasteiger partial charge in [-0.2, -0.15) is 0 Å². The molecule has 162 valence electrons. The van der Waals surface area contributed by atoms with Crippen LogP contribution in [0.15, 0.2) is 83.9 Å². The van der Waals surface area contributed by atoms with E-state index in [1.165, 1.54) is 30.0 Å². The summed E-state index contributed by atoms with van der Waals surface area (Å²) in [6.45, 7) is 1.95. The summed E-state index contributed by atoms with van der Waals surface area (Å²) in [6.07, 6.45) is 2.49. The van der Waals surface area contributed by atoms with Gasteiger partial charge in [0, 0.05) is 28.0 Å². The van der Waals surface area contributed by atoms with Gasteiger partial charge in [0.2, 0.25) is 5.91 Å². The summed E-state index contributed by atoms with van der Waals surface area (Å²) in [5.74, 6) is -1.19. The number of nitrogens with one attached hydrogen (secondary N) is 3. The Kier molecular flexibility index (Phi) is 6.56. The zero-order valence-electron chi connectivity index (χ0n) is 17.4. The minimum atomic E-state index is -0.573. The summed E-state index contributed by atoms with van der Waals surface area (Å²) in [5.41, 5.74) is 2.21. The topological polar surface area (TPSA) is 74.0 Å². The molecule has 3 N–H and O–H groups in total. The molecule has 0 aliphatic carbocycles. The molecule has 0 spiro atoms. The van der Waals surface area contributed by atoms with E-state index in [0.29, 0.717) is 12.1 Å². The second kappa shape index (κ2) is 9.70. The number of anilines is 2. The molecule has 0 aliphatic rings. The van der Waals surface area contributed by atoms with Crippen LogP contribution in [0.25, 0.3) is 10.9 Å². The molecule has 1 heterocycles. The van der Waals surface area contributed by atoms with Crippen molar-refractivity contribution in [1.29, 1.82) is 0 Å². The maximum atomic E-state index is 13.9. The number of aromatic nitrogens is 1. The minimum absolute atomic E-state index is 0.0181. The maximum Gasteiger partial charge on any atom is 0.258 e. The predicted octanol–water partition coefficient (Wildman–Crippen LogP) is 6.07. The van der Waals surface area contributed by atoms with E-state index in [9.17, 15) is 14.0 Å². The second-order valence-electron chi connectivity index (χ2n) is 7.25. The average Bonchev–Trinajstić information content (AvgIpc) is 3.26. The number of halogens is 1. The van der Waals surface area contributed by atoms with Gasteiger partial charge in [-0.15, -0.1) is 11.8 Å². The van der Waals surface area contributed by atoms with Crippen molar-refractivity contribution in [1.82, 2.24) is 4.98 Å². The molecular formula is C25H22FN3O2S. The molecule has 5 nitrogen and oxygen atoms in total. The predicted molar refractivity (Wildman–Crippen MR) is 128 cm³/mol. The zero-order chi connectivity index (χ0) is 22.5. The highest BCUT2D eigenvalue weighted by molar-refractivity contribution is 8.00. The Bertz CT molecular complexity index is 1270. The smallest absolute Gasteiger partial charge is 0.258 e. The largest absolute Gasteiger partial charge is 0.361 e. The summed E-state index contributed by atoms with van der Waals surface area (Å²) in [5, 5.41) is 6.47. The Morgan fingerprint density at radius 3 is 2.59 bits per heavy atom. The van der Waals surface area contributed by atoms with Crippen molar-refractivity contribution in [3.05, 3.63) is 90.4 Å². The molecule has 0 saturated carbocycles. The highest BCUT2D eigenvalue weighted by Crippen LogP contribution is 2.29. The molecule has 4 rings (SSSR count). The molecule has 1 unspecified atom stereocenters. The standard InChI is InChI=1S/C25H22FN3O2S/c1-2-23(25(31)29-18-11-10-16-12-13-27-22(16)15-18)32-19-7-5-6-17(14-19)28-24(30)20-8-3-4-9-21(20)26/h3-15,23,27H,2H2,1H3,(H,28,30)(H,29,31). The van der Waals surface area contributed by atoms with Crippen LogP contribution < -0.4 is 10.6 Å². The quantitative estimate of drug-likeness (QED) is 0.301. The third kappa shape index (κ3) is 5.00. The number of hydrogen-bond acceptors (Lipinski definition) is 3. The van der Waals surface area contributed by atoms with Gasteiger partial charge < -0.3 is 15.6 Å². The summed E-state index contributed by atoms with van der Waals surface area (Å²) in [4.78, 5) is 29.2. The van der Waals surface area contributed by atoms with Gasteiger partial charge in [0.15, 0.2) is 0 Å². The lowest BCUT2D eigenvalue weighted by molar-refractivity contribution is -0.115. The molecule has 3 aromatic carbocycles. The fraction of sp³-hybridized carbons (Fsp3) is 0.120. The number of hydrogen-bond donors (Lipinski definition) is 3. The van der Waals surface area contributed by atoms with Gasteiger partial charge in [0.05, 0.1) is 10.8 Å². The van der Waals surface area contributed by atoms with Gasteiger partial charge in [-0.1, -0.05) is 31.2 Å². The first-order valence-electron chi connectivity index (χ1n) is 10.2. The van der Waals surface area contributed by atoms with Gasteiger partial charge in [-0.25, -0.2) is 4.39 Å². The number of carbonyl (C=O) groups is 2. The van der Waals surface area contributed by atoms with E-state index in [2.05, 4.69) is 15.6 Å². The fourth-order valence-corrected chi connectivity index (χ4v) is 4.34. The third-order valence-electron chi connectivity index (χ3n) is 4.97. The monoisotopic (exact) mass is 447 g/mol. The van der Waals surface area contributed by atoms with Crippen molar-refractivity contribution < 1.29 is 14.0 Å². The lowest BCUT2D eigenvalue weighted by Gasteiger charge is -2.15. The number of rotatable bonds is 7. The molecular weight excluding hydrogens is 425 g/mol. The number of H-pyrrole nitrogens is 1. The number of benzene rings is 3. The molecule has 0 radical (unpaired) electrons. The molecule has 0 saturated heterocycles. The Morgan fingerprint density at radius 1 is 0.969 bits per heavy atom. The van der Waals surface area contributed by atoms with E-state index in [1.807, 2.05) is 43.5 Å². The molecule has 0 fully saturated rings. The van der Waals surface area contributed by atoms with Crippen LogP contribution in [0.3, 0.4) is 0 Å². The first kappa shape index (κ1) is 21.6. The second-order valence-corrected chi connectivity index (χ2v) is 8.52. The number of carbonyl (C=O) groups excluding carboxylic acids is 2. The molecule has 4 aromatic rings.